The van der Waals surface area contributed by atoms with E-state index in [0.717, 1.165) is 35.7 Å². The maximum absolute atomic E-state index is 14.8. The van der Waals surface area contributed by atoms with E-state index in [4.69, 9.17) is 27.7 Å². The van der Waals surface area contributed by atoms with Crippen LogP contribution in [0.5, 0.6) is 0 Å². The molecule has 0 bridgehead atoms. The molecule has 14 heteroatoms. The van der Waals surface area contributed by atoms with Crippen LogP contribution in [0.4, 0.5) is 22.0 Å². The number of carbonyl (C=O) groups is 1. The first-order valence-corrected chi connectivity index (χ1v) is 11.7. The molecule has 0 aliphatic carbocycles. The first kappa shape index (κ1) is 25.1. The van der Waals surface area contributed by atoms with Gasteiger partial charge >= 0.3 is 6.18 Å². The van der Waals surface area contributed by atoms with E-state index < -0.39 is 40.1 Å². The maximum atomic E-state index is 14.8. The number of benzene rings is 2. The van der Waals surface area contributed by atoms with E-state index in [2.05, 4.69) is 15.2 Å². The summed E-state index contributed by atoms with van der Waals surface area (Å²) in [4.78, 5) is 15.7. The van der Waals surface area contributed by atoms with Crippen LogP contribution in [0.25, 0.3) is 38.8 Å². The highest BCUT2D eigenvalue weighted by molar-refractivity contribution is 7.13. The van der Waals surface area contributed by atoms with E-state index in [1.807, 2.05) is 0 Å². The SMILES string of the molecule is O=C(Cl)c1csc(-c2c(-c3c(F)cccc3Cl)noc2-c2cnn(-c3cccc(F)c3)c2C(F)(F)F)n1. The van der Waals surface area contributed by atoms with Crippen LogP contribution in [-0.4, -0.2) is 25.2 Å². The zero-order chi connectivity index (χ0) is 26.5. The van der Waals surface area contributed by atoms with Crippen molar-refractivity contribution in [2.24, 2.45) is 0 Å². The summed E-state index contributed by atoms with van der Waals surface area (Å²) in [6.07, 6.45) is -4.15. The molecule has 6 nitrogen and oxygen atoms in total. The fourth-order valence-electron chi connectivity index (χ4n) is 3.64. The molecular formula is C23H9Cl2F5N4O2S. The lowest BCUT2D eigenvalue weighted by Crippen LogP contribution is -2.14. The number of halogens is 7. The van der Waals surface area contributed by atoms with Crippen LogP contribution in [0.3, 0.4) is 0 Å². The second kappa shape index (κ2) is 9.36. The summed E-state index contributed by atoms with van der Waals surface area (Å²) in [5.41, 5.74) is -2.99. The van der Waals surface area contributed by atoms with Gasteiger partial charge in [0.05, 0.1) is 33.6 Å². The van der Waals surface area contributed by atoms with Crippen molar-refractivity contribution in [3.63, 3.8) is 0 Å². The molecule has 0 fully saturated rings. The van der Waals surface area contributed by atoms with Crippen LogP contribution in [0.1, 0.15) is 16.2 Å². The number of alkyl halides is 3. The molecule has 0 saturated carbocycles. The standard InChI is InChI=1S/C23H9Cl2F5N4O2S/c24-13-5-2-6-14(27)16(13)18-17(22-32-15(9-37-22)21(25)35)19(36-33-18)12-8-31-34(20(12)23(28,29)30)11-4-1-3-10(26)7-11/h1-9H. The zero-order valence-corrected chi connectivity index (χ0v) is 20.2. The number of rotatable bonds is 5. The minimum absolute atomic E-state index is 0.0406. The van der Waals surface area contributed by atoms with Crippen molar-refractivity contribution in [2.75, 3.05) is 0 Å². The molecule has 0 aliphatic rings. The predicted octanol–water partition coefficient (Wildman–Crippen LogP) is 7.65. The molecule has 188 valence electrons. The Morgan fingerprint density at radius 2 is 1.84 bits per heavy atom. The first-order valence-electron chi connectivity index (χ1n) is 10.1. The lowest BCUT2D eigenvalue weighted by molar-refractivity contribution is -0.142. The van der Waals surface area contributed by atoms with Crippen LogP contribution in [0, 0.1) is 11.6 Å². The van der Waals surface area contributed by atoms with Crippen molar-refractivity contribution in [3.05, 3.63) is 82.1 Å². The molecule has 5 rings (SSSR count). The van der Waals surface area contributed by atoms with E-state index in [1.165, 1.54) is 29.6 Å². The van der Waals surface area contributed by atoms with Gasteiger partial charge in [-0.3, -0.25) is 4.79 Å². The molecule has 0 spiro atoms. The van der Waals surface area contributed by atoms with Crippen molar-refractivity contribution in [3.8, 4) is 38.8 Å². The molecule has 3 aromatic heterocycles. The van der Waals surface area contributed by atoms with E-state index in [-0.39, 0.29) is 38.2 Å². The summed E-state index contributed by atoms with van der Waals surface area (Å²) in [5.74, 6) is -2.09. The third-order valence-corrected chi connectivity index (χ3v) is 6.51. The maximum Gasteiger partial charge on any atom is 0.434 e. The molecule has 0 atom stereocenters. The summed E-state index contributed by atoms with van der Waals surface area (Å²) < 4.78 is 77.5. The largest absolute Gasteiger partial charge is 0.434 e. The molecule has 0 unspecified atom stereocenters. The van der Waals surface area contributed by atoms with Crippen molar-refractivity contribution in [2.45, 2.75) is 6.18 Å². The molecule has 0 N–H and O–H groups in total. The van der Waals surface area contributed by atoms with Crippen molar-refractivity contribution >= 4 is 39.8 Å². The quantitative estimate of drug-likeness (QED) is 0.160. The van der Waals surface area contributed by atoms with Gasteiger partial charge in [-0.2, -0.15) is 18.3 Å². The number of thiazole rings is 1. The van der Waals surface area contributed by atoms with E-state index >= 15 is 0 Å². The Labute approximate surface area is 217 Å². The minimum Gasteiger partial charge on any atom is -0.355 e. The van der Waals surface area contributed by atoms with Gasteiger partial charge in [0, 0.05) is 5.38 Å². The average Bonchev–Trinajstić information content (AvgIpc) is 3.56. The second-order valence-electron chi connectivity index (χ2n) is 7.44. The molecule has 37 heavy (non-hydrogen) atoms. The van der Waals surface area contributed by atoms with Crippen molar-refractivity contribution in [1.82, 2.24) is 19.9 Å². The third kappa shape index (κ3) is 4.52. The van der Waals surface area contributed by atoms with E-state index in [9.17, 15) is 26.7 Å². The number of hydrogen-bond donors (Lipinski definition) is 0. The van der Waals surface area contributed by atoms with Gasteiger partial charge < -0.3 is 4.52 Å². The summed E-state index contributed by atoms with van der Waals surface area (Å²) in [5, 5.41) is 7.84. The third-order valence-electron chi connectivity index (χ3n) is 5.15. The average molecular weight is 571 g/mol. The predicted molar refractivity (Wildman–Crippen MR) is 126 cm³/mol. The van der Waals surface area contributed by atoms with Crippen molar-refractivity contribution in [1.29, 1.82) is 0 Å². The summed E-state index contributed by atoms with van der Waals surface area (Å²) in [6.45, 7) is 0. The fraction of sp³-hybridized carbons (Fsp3) is 0.0435. The monoisotopic (exact) mass is 570 g/mol. The van der Waals surface area contributed by atoms with Gasteiger partial charge in [-0.15, -0.1) is 11.3 Å². The van der Waals surface area contributed by atoms with Crippen molar-refractivity contribution < 1.29 is 31.3 Å². The van der Waals surface area contributed by atoms with Crippen LogP contribution >= 0.6 is 34.5 Å². The molecule has 0 amide bonds. The highest BCUT2D eigenvalue weighted by Gasteiger charge is 2.41. The lowest BCUT2D eigenvalue weighted by Gasteiger charge is -2.12. The highest BCUT2D eigenvalue weighted by Crippen LogP contribution is 2.47. The van der Waals surface area contributed by atoms with Crippen LogP contribution in [-0.2, 0) is 6.18 Å². The number of nitrogens with zero attached hydrogens (tertiary/aromatic N) is 4. The van der Waals surface area contributed by atoms with Gasteiger partial charge in [-0.1, -0.05) is 28.9 Å². The Balaban J connectivity index is 1.82. The van der Waals surface area contributed by atoms with Gasteiger partial charge in [-0.25, -0.2) is 18.4 Å². The van der Waals surface area contributed by atoms with Gasteiger partial charge in [-0.05, 0) is 41.9 Å². The second-order valence-corrected chi connectivity index (χ2v) is 9.05. The molecule has 0 aliphatic heterocycles. The Morgan fingerprint density at radius 3 is 2.49 bits per heavy atom. The van der Waals surface area contributed by atoms with Gasteiger partial charge in [0.25, 0.3) is 5.24 Å². The Kier molecular flexibility index (Phi) is 6.34. The minimum atomic E-state index is -5.00. The van der Waals surface area contributed by atoms with Gasteiger partial charge in [0.1, 0.15) is 28.0 Å². The summed E-state index contributed by atoms with van der Waals surface area (Å²) >= 11 is 12.5. The number of aromatic nitrogens is 4. The first-order chi connectivity index (χ1) is 17.6. The fourth-order valence-corrected chi connectivity index (χ4v) is 4.89. The Hall–Kier alpha value is -3.61. The number of hydrogen-bond acceptors (Lipinski definition) is 6. The molecular weight excluding hydrogens is 562 g/mol. The van der Waals surface area contributed by atoms with E-state index in [0.29, 0.717) is 4.68 Å². The highest BCUT2D eigenvalue weighted by atomic mass is 35.5. The number of carbonyl (C=O) groups excluding carboxylic acids is 1. The topological polar surface area (TPSA) is 73.8 Å². The molecule has 0 saturated heterocycles. The van der Waals surface area contributed by atoms with Crippen LogP contribution < -0.4 is 0 Å². The van der Waals surface area contributed by atoms with Gasteiger partial charge in [0.2, 0.25) is 0 Å². The Morgan fingerprint density at radius 1 is 1.08 bits per heavy atom. The summed E-state index contributed by atoms with van der Waals surface area (Å²) in [7, 11) is 0. The Bertz CT molecular complexity index is 1640. The molecule has 0 radical (unpaired) electrons. The lowest BCUT2D eigenvalue weighted by atomic mass is 10.0. The molecule has 3 heterocycles. The van der Waals surface area contributed by atoms with Crippen LogP contribution in [0.15, 0.2) is 58.6 Å². The van der Waals surface area contributed by atoms with Crippen LogP contribution in [0.2, 0.25) is 5.02 Å². The zero-order valence-electron chi connectivity index (χ0n) is 17.9. The normalized spacial score (nSPS) is 11.8. The smallest absolute Gasteiger partial charge is 0.355 e. The molecule has 2 aromatic carbocycles. The van der Waals surface area contributed by atoms with E-state index in [1.54, 1.807) is 0 Å². The molecule has 5 aromatic rings. The van der Waals surface area contributed by atoms with Gasteiger partial charge in [0.15, 0.2) is 11.5 Å². The summed E-state index contributed by atoms with van der Waals surface area (Å²) in [6, 6.07) is 8.18.